The highest BCUT2D eigenvalue weighted by atomic mass is 32.2. The average molecular weight is 347 g/mol. The van der Waals surface area contributed by atoms with Crippen LogP contribution in [0.15, 0.2) is 48.5 Å². The largest absolute Gasteiger partial charge is 0.496 e. The molecule has 24 heavy (non-hydrogen) atoms. The van der Waals surface area contributed by atoms with Gasteiger partial charge >= 0.3 is 0 Å². The second kappa shape index (κ2) is 7.97. The van der Waals surface area contributed by atoms with E-state index in [0.717, 1.165) is 16.7 Å². The van der Waals surface area contributed by atoms with E-state index in [1.807, 2.05) is 36.4 Å². The lowest BCUT2D eigenvalue weighted by Crippen LogP contribution is -2.24. The van der Waals surface area contributed by atoms with Gasteiger partial charge in [-0.2, -0.15) is 0 Å². The summed E-state index contributed by atoms with van der Waals surface area (Å²) >= 11 is 0. The van der Waals surface area contributed by atoms with Gasteiger partial charge in [0.1, 0.15) is 5.75 Å². The quantitative estimate of drug-likeness (QED) is 0.832. The van der Waals surface area contributed by atoms with Gasteiger partial charge in [-0.05, 0) is 17.2 Å². The minimum absolute atomic E-state index is 0.0213. The summed E-state index contributed by atoms with van der Waals surface area (Å²) in [6.07, 6.45) is 1.45. The summed E-state index contributed by atoms with van der Waals surface area (Å²) in [5.74, 6) is 0.616. The van der Waals surface area contributed by atoms with Crippen LogP contribution in [-0.4, -0.2) is 27.7 Å². The van der Waals surface area contributed by atoms with Crippen molar-refractivity contribution in [2.45, 2.75) is 18.7 Å². The molecule has 0 fully saturated rings. The Morgan fingerprint density at radius 2 is 1.67 bits per heavy atom. The zero-order valence-electron chi connectivity index (χ0n) is 13.8. The molecule has 0 saturated heterocycles. The van der Waals surface area contributed by atoms with Crippen LogP contribution in [0.5, 0.6) is 5.75 Å². The summed E-state index contributed by atoms with van der Waals surface area (Å²) in [6, 6.07) is 14.6. The molecule has 0 radical (unpaired) electrons. The SMILES string of the molecule is COc1ccccc1CC(=O)NCc1ccc(CS(C)(=O)=O)cc1. The molecule has 2 aromatic rings. The molecular formula is C18H21NO4S. The zero-order chi connectivity index (χ0) is 17.6. The lowest BCUT2D eigenvalue weighted by Gasteiger charge is -2.09. The molecule has 0 atom stereocenters. The first-order chi connectivity index (χ1) is 11.4. The van der Waals surface area contributed by atoms with Crippen molar-refractivity contribution in [1.82, 2.24) is 5.32 Å². The molecule has 5 nitrogen and oxygen atoms in total. The molecule has 1 N–H and O–H groups in total. The van der Waals surface area contributed by atoms with E-state index in [4.69, 9.17) is 4.74 Å². The second-order valence-corrected chi connectivity index (χ2v) is 7.79. The van der Waals surface area contributed by atoms with Crippen molar-refractivity contribution >= 4 is 15.7 Å². The van der Waals surface area contributed by atoms with Gasteiger partial charge in [-0.1, -0.05) is 42.5 Å². The molecule has 128 valence electrons. The first-order valence-electron chi connectivity index (χ1n) is 7.51. The van der Waals surface area contributed by atoms with Gasteiger partial charge in [0.05, 0.1) is 19.3 Å². The Balaban J connectivity index is 1.90. The van der Waals surface area contributed by atoms with Gasteiger partial charge in [-0.25, -0.2) is 8.42 Å². The minimum Gasteiger partial charge on any atom is -0.496 e. The maximum atomic E-state index is 12.1. The van der Waals surface area contributed by atoms with E-state index in [1.165, 1.54) is 6.26 Å². The number of amides is 1. The Morgan fingerprint density at radius 1 is 1.04 bits per heavy atom. The Kier molecular flexibility index (Phi) is 5.98. The van der Waals surface area contributed by atoms with Crippen molar-refractivity contribution in [2.75, 3.05) is 13.4 Å². The topological polar surface area (TPSA) is 72.5 Å². The highest BCUT2D eigenvalue weighted by molar-refractivity contribution is 7.89. The van der Waals surface area contributed by atoms with E-state index in [2.05, 4.69) is 5.32 Å². The van der Waals surface area contributed by atoms with Gasteiger partial charge < -0.3 is 10.1 Å². The van der Waals surface area contributed by atoms with Gasteiger partial charge in [0.15, 0.2) is 9.84 Å². The van der Waals surface area contributed by atoms with Crippen LogP contribution in [0.3, 0.4) is 0 Å². The van der Waals surface area contributed by atoms with Crippen LogP contribution in [0, 0.1) is 0 Å². The fraction of sp³-hybridized carbons (Fsp3) is 0.278. The van der Waals surface area contributed by atoms with Gasteiger partial charge in [-0.15, -0.1) is 0 Å². The molecule has 0 saturated carbocycles. The van der Waals surface area contributed by atoms with Gasteiger partial charge in [0, 0.05) is 18.4 Å². The van der Waals surface area contributed by atoms with Gasteiger partial charge in [0.25, 0.3) is 0 Å². The number of carbonyl (C=O) groups is 1. The van der Waals surface area contributed by atoms with Crippen LogP contribution in [0.4, 0.5) is 0 Å². The van der Waals surface area contributed by atoms with Crippen molar-refractivity contribution in [3.05, 3.63) is 65.2 Å². The van der Waals surface area contributed by atoms with Gasteiger partial charge in [-0.3, -0.25) is 4.79 Å². The summed E-state index contributed by atoms with van der Waals surface area (Å²) in [7, 11) is -1.46. The summed E-state index contributed by atoms with van der Waals surface area (Å²) in [5.41, 5.74) is 2.49. The molecule has 0 aliphatic carbocycles. The molecule has 0 aromatic heterocycles. The fourth-order valence-electron chi connectivity index (χ4n) is 2.34. The Labute approximate surface area is 142 Å². The average Bonchev–Trinajstić information content (AvgIpc) is 2.53. The number of nitrogens with one attached hydrogen (secondary N) is 1. The van der Waals surface area contributed by atoms with E-state index < -0.39 is 9.84 Å². The van der Waals surface area contributed by atoms with E-state index in [0.29, 0.717) is 12.3 Å². The van der Waals surface area contributed by atoms with Crippen LogP contribution in [-0.2, 0) is 33.4 Å². The second-order valence-electron chi connectivity index (χ2n) is 5.65. The summed E-state index contributed by atoms with van der Waals surface area (Å²) < 4.78 is 27.8. The number of hydrogen-bond acceptors (Lipinski definition) is 4. The van der Waals surface area contributed by atoms with Crippen LogP contribution < -0.4 is 10.1 Å². The van der Waals surface area contributed by atoms with Crippen molar-refractivity contribution in [2.24, 2.45) is 0 Å². The van der Waals surface area contributed by atoms with Crippen molar-refractivity contribution in [3.8, 4) is 5.75 Å². The third-order valence-electron chi connectivity index (χ3n) is 3.49. The van der Waals surface area contributed by atoms with Crippen LogP contribution in [0.25, 0.3) is 0 Å². The molecule has 2 aromatic carbocycles. The monoisotopic (exact) mass is 347 g/mol. The van der Waals surface area contributed by atoms with E-state index >= 15 is 0 Å². The third kappa shape index (κ3) is 5.70. The molecule has 0 bridgehead atoms. The van der Waals surface area contributed by atoms with Crippen LogP contribution in [0.2, 0.25) is 0 Å². The molecule has 6 heteroatoms. The summed E-state index contributed by atoms with van der Waals surface area (Å²) in [5, 5.41) is 2.85. The predicted octanol–water partition coefficient (Wildman–Crippen LogP) is 2.10. The summed E-state index contributed by atoms with van der Waals surface area (Å²) in [4.78, 5) is 12.1. The number of methoxy groups -OCH3 is 1. The Morgan fingerprint density at radius 3 is 2.29 bits per heavy atom. The number of sulfone groups is 1. The normalized spacial score (nSPS) is 11.1. The molecule has 0 aliphatic heterocycles. The fourth-order valence-corrected chi connectivity index (χ4v) is 3.14. The highest BCUT2D eigenvalue weighted by Gasteiger charge is 2.08. The predicted molar refractivity (Wildman–Crippen MR) is 93.5 cm³/mol. The number of rotatable bonds is 7. The molecular weight excluding hydrogens is 326 g/mol. The van der Waals surface area contributed by atoms with Crippen molar-refractivity contribution in [1.29, 1.82) is 0 Å². The smallest absolute Gasteiger partial charge is 0.224 e. The zero-order valence-corrected chi connectivity index (χ0v) is 14.6. The van der Waals surface area contributed by atoms with E-state index in [-0.39, 0.29) is 18.1 Å². The summed E-state index contributed by atoms with van der Waals surface area (Å²) in [6.45, 7) is 0.396. The highest BCUT2D eigenvalue weighted by Crippen LogP contribution is 2.17. The standard InChI is InChI=1S/C18H21NO4S/c1-23-17-6-4-3-5-16(17)11-18(20)19-12-14-7-9-15(10-8-14)13-24(2,21)22/h3-10H,11-13H2,1-2H3,(H,19,20). The molecule has 0 heterocycles. The lowest BCUT2D eigenvalue weighted by atomic mass is 10.1. The van der Waals surface area contributed by atoms with E-state index in [9.17, 15) is 13.2 Å². The third-order valence-corrected chi connectivity index (χ3v) is 4.34. The molecule has 0 aliphatic rings. The lowest BCUT2D eigenvalue weighted by molar-refractivity contribution is -0.120. The molecule has 0 unspecified atom stereocenters. The first kappa shape index (κ1) is 18.0. The van der Waals surface area contributed by atoms with Crippen LogP contribution >= 0.6 is 0 Å². The van der Waals surface area contributed by atoms with Crippen LogP contribution in [0.1, 0.15) is 16.7 Å². The van der Waals surface area contributed by atoms with Crippen molar-refractivity contribution in [3.63, 3.8) is 0 Å². The Bertz CT molecular complexity index is 798. The van der Waals surface area contributed by atoms with Gasteiger partial charge in [0.2, 0.25) is 5.91 Å². The Hall–Kier alpha value is -2.34. The first-order valence-corrected chi connectivity index (χ1v) is 9.57. The maximum absolute atomic E-state index is 12.1. The minimum atomic E-state index is -3.04. The number of hydrogen-bond donors (Lipinski definition) is 1. The molecule has 0 spiro atoms. The number of carbonyl (C=O) groups excluding carboxylic acids is 1. The molecule has 1 amide bonds. The molecule has 2 rings (SSSR count). The number of para-hydroxylation sites is 1. The van der Waals surface area contributed by atoms with Crippen molar-refractivity contribution < 1.29 is 17.9 Å². The number of ether oxygens (including phenoxy) is 1. The number of benzene rings is 2. The maximum Gasteiger partial charge on any atom is 0.224 e. The van der Waals surface area contributed by atoms with E-state index in [1.54, 1.807) is 19.2 Å².